The molecule has 4 rings (SSSR count). The summed E-state index contributed by atoms with van der Waals surface area (Å²) in [6.07, 6.45) is 11.6. The summed E-state index contributed by atoms with van der Waals surface area (Å²) >= 11 is 0. The van der Waals surface area contributed by atoms with E-state index in [0.29, 0.717) is 6.42 Å². The number of nitrogens with two attached hydrogens (primary N) is 1. The quantitative estimate of drug-likeness (QED) is 0.512. The lowest BCUT2D eigenvalue weighted by Gasteiger charge is -2.16. The molecule has 1 aromatic carbocycles. The first-order chi connectivity index (χ1) is 15.5. The Morgan fingerprint density at radius 3 is 2.19 bits per heavy atom. The maximum atomic E-state index is 9.59. The maximum absolute atomic E-state index is 9.59. The molecule has 6 heteroatoms. The van der Waals surface area contributed by atoms with Crippen LogP contribution in [-0.4, -0.2) is 41.6 Å². The van der Waals surface area contributed by atoms with E-state index in [4.69, 9.17) is 0 Å². The number of aromatic nitrogens is 2. The number of carbonyl (C=O) groups excluding carboxylic acids is 1. The number of fused-ring (bicyclic) bond motifs is 1. The van der Waals surface area contributed by atoms with Gasteiger partial charge in [-0.1, -0.05) is 63.3 Å². The average Bonchev–Trinajstić information content (AvgIpc) is 3.52. The van der Waals surface area contributed by atoms with Crippen molar-refractivity contribution in [1.29, 1.82) is 0 Å². The van der Waals surface area contributed by atoms with E-state index in [-0.39, 0.29) is 5.91 Å². The first-order valence-electron chi connectivity index (χ1n) is 11.1. The summed E-state index contributed by atoms with van der Waals surface area (Å²) in [5.74, 6) is -0.245. The van der Waals surface area contributed by atoms with Crippen molar-refractivity contribution in [3.63, 3.8) is 0 Å². The Hall–Kier alpha value is -3.41. The Kier molecular flexibility index (Phi) is 10.2. The molecule has 2 aromatic heterocycles. The molecule has 3 aromatic rings. The van der Waals surface area contributed by atoms with Gasteiger partial charge in [0.15, 0.2) is 0 Å². The highest BCUT2D eigenvalue weighted by atomic mass is 16.1. The number of benzene rings is 1. The van der Waals surface area contributed by atoms with Crippen molar-refractivity contribution >= 4 is 29.4 Å². The molecule has 0 spiro atoms. The first kappa shape index (κ1) is 24.9. The second-order valence-corrected chi connectivity index (χ2v) is 7.86. The van der Waals surface area contributed by atoms with E-state index in [1.165, 1.54) is 32.1 Å². The van der Waals surface area contributed by atoms with E-state index < -0.39 is 0 Å². The fourth-order valence-electron chi connectivity index (χ4n) is 3.33. The van der Waals surface area contributed by atoms with Gasteiger partial charge in [-0.05, 0) is 30.5 Å². The topological polar surface area (TPSA) is 87.4 Å². The van der Waals surface area contributed by atoms with Crippen LogP contribution >= 0.6 is 0 Å². The van der Waals surface area contributed by atoms with Crippen molar-refractivity contribution in [3.8, 4) is 11.3 Å². The zero-order chi connectivity index (χ0) is 23.3. The molecule has 170 valence electrons. The molecule has 1 aliphatic rings. The van der Waals surface area contributed by atoms with E-state index >= 15 is 0 Å². The zero-order valence-electron chi connectivity index (χ0n) is 19.5. The van der Waals surface area contributed by atoms with Crippen LogP contribution < -0.4 is 5.73 Å². The minimum Gasteiger partial charge on any atom is -0.376 e. The molecular formula is C26H35N5O. The van der Waals surface area contributed by atoms with Crippen molar-refractivity contribution < 1.29 is 4.79 Å². The van der Waals surface area contributed by atoms with Gasteiger partial charge in [0, 0.05) is 32.3 Å². The van der Waals surface area contributed by atoms with Gasteiger partial charge in [-0.15, -0.1) is 0 Å². The highest BCUT2D eigenvalue weighted by molar-refractivity contribution is 5.79. The number of nitrogens with zero attached hydrogens (tertiary/aromatic N) is 3. The van der Waals surface area contributed by atoms with Crippen LogP contribution in [-0.2, 0) is 4.79 Å². The fraction of sp³-hybridized carbons (Fsp3) is 0.346. The van der Waals surface area contributed by atoms with Crippen LogP contribution in [0.15, 0.2) is 59.9 Å². The molecule has 1 saturated carbocycles. The summed E-state index contributed by atoms with van der Waals surface area (Å²) in [7, 11) is 3.98. The van der Waals surface area contributed by atoms with Gasteiger partial charge in [-0.2, -0.15) is 0 Å². The van der Waals surface area contributed by atoms with Gasteiger partial charge in [0.1, 0.15) is 0 Å². The molecule has 3 N–H and O–H groups in total. The van der Waals surface area contributed by atoms with E-state index in [9.17, 15) is 4.79 Å². The molecular weight excluding hydrogens is 398 g/mol. The smallest absolute Gasteiger partial charge is 0.217 e. The number of pyridine rings is 1. The minimum atomic E-state index is -0.245. The second-order valence-electron chi connectivity index (χ2n) is 7.86. The number of amides is 1. The van der Waals surface area contributed by atoms with Crippen molar-refractivity contribution in [3.05, 3.63) is 60.4 Å². The lowest BCUT2D eigenvalue weighted by atomic mass is 10.1. The number of hydrogen-bond acceptors (Lipinski definition) is 4. The van der Waals surface area contributed by atoms with Crippen LogP contribution in [0, 0.1) is 0 Å². The number of aromatic amines is 1. The predicted molar refractivity (Wildman–Crippen MR) is 135 cm³/mol. The molecule has 1 amide bonds. The third kappa shape index (κ3) is 7.69. The summed E-state index contributed by atoms with van der Waals surface area (Å²) < 4.78 is 0. The zero-order valence-corrected chi connectivity index (χ0v) is 19.5. The molecule has 1 fully saturated rings. The van der Waals surface area contributed by atoms with Gasteiger partial charge in [0.05, 0.1) is 28.6 Å². The number of aliphatic imine (C=N–C) groups is 1. The van der Waals surface area contributed by atoms with Crippen LogP contribution in [0.1, 0.15) is 51.0 Å². The van der Waals surface area contributed by atoms with Crippen LogP contribution in [0.5, 0.6) is 0 Å². The minimum absolute atomic E-state index is 0.245. The molecule has 0 aliphatic heterocycles. The largest absolute Gasteiger partial charge is 0.376 e. The highest BCUT2D eigenvalue weighted by Gasteiger charge is 2.06. The third-order valence-corrected chi connectivity index (χ3v) is 5.18. The SMILES string of the molecule is C1CCCC1.C=N/C=C(/c1ccc(-c2ccc3[nH]ccc3n2)cc1)N(C)C.CCC(N)=O. The van der Waals surface area contributed by atoms with Crippen molar-refractivity contribution in [2.24, 2.45) is 10.7 Å². The van der Waals surface area contributed by atoms with Crippen LogP contribution in [0.3, 0.4) is 0 Å². The van der Waals surface area contributed by atoms with E-state index in [2.05, 4.69) is 57.7 Å². The third-order valence-electron chi connectivity index (χ3n) is 5.18. The summed E-state index contributed by atoms with van der Waals surface area (Å²) in [5.41, 5.74) is 10.9. The molecule has 2 heterocycles. The summed E-state index contributed by atoms with van der Waals surface area (Å²) in [4.78, 5) is 23.3. The maximum Gasteiger partial charge on any atom is 0.217 e. The Bertz CT molecular complexity index is 1010. The van der Waals surface area contributed by atoms with Crippen molar-refractivity contribution in [2.45, 2.75) is 45.4 Å². The van der Waals surface area contributed by atoms with Gasteiger partial charge in [-0.25, -0.2) is 4.98 Å². The fourth-order valence-corrected chi connectivity index (χ4v) is 3.33. The Morgan fingerprint density at radius 1 is 1.09 bits per heavy atom. The van der Waals surface area contributed by atoms with Crippen molar-refractivity contribution in [1.82, 2.24) is 14.9 Å². The van der Waals surface area contributed by atoms with E-state index in [1.807, 2.05) is 37.3 Å². The number of carbonyl (C=O) groups is 1. The number of H-pyrrole nitrogens is 1. The molecule has 6 nitrogen and oxygen atoms in total. The normalized spacial score (nSPS) is 12.9. The van der Waals surface area contributed by atoms with E-state index in [1.54, 1.807) is 13.1 Å². The molecule has 0 unspecified atom stereocenters. The summed E-state index contributed by atoms with van der Waals surface area (Å²) in [6, 6.07) is 14.4. The number of nitrogens with one attached hydrogen (secondary N) is 1. The molecule has 0 saturated heterocycles. The Balaban J connectivity index is 0.000000301. The van der Waals surface area contributed by atoms with Crippen LogP contribution in [0.25, 0.3) is 28.0 Å². The number of rotatable bonds is 5. The number of hydrogen-bond donors (Lipinski definition) is 2. The predicted octanol–water partition coefficient (Wildman–Crippen LogP) is 5.62. The lowest BCUT2D eigenvalue weighted by Crippen LogP contribution is -2.09. The van der Waals surface area contributed by atoms with Crippen molar-refractivity contribution in [2.75, 3.05) is 14.1 Å². The van der Waals surface area contributed by atoms with E-state index in [0.717, 1.165) is 33.6 Å². The monoisotopic (exact) mass is 433 g/mol. The first-order valence-corrected chi connectivity index (χ1v) is 11.1. The highest BCUT2D eigenvalue weighted by Crippen LogP contribution is 2.24. The van der Waals surface area contributed by atoms with Gasteiger partial charge in [0.2, 0.25) is 5.91 Å². The Morgan fingerprint density at radius 2 is 1.69 bits per heavy atom. The summed E-state index contributed by atoms with van der Waals surface area (Å²) in [5, 5.41) is 0. The molecule has 32 heavy (non-hydrogen) atoms. The molecule has 0 radical (unpaired) electrons. The number of primary amides is 1. The molecule has 0 atom stereocenters. The molecule has 1 aliphatic carbocycles. The van der Waals surface area contributed by atoms with Gasteiger partial charge < -0.3 is 15.6 Å². The van der Waals surface area contributed by atoms with Gasteiger partial charge in [0.25, 0.3) is 0 Å². The second kappa shape index (κ2) is 13.1. The summed E-state index contributed by atoms with van der Waals surface area (Å²) in [6.45, 7) is 5.26. The van der Waals surface area contributed by atoms with Gasteiger partial charge in [-0.3, -0.25) is 9.79 Å². The average molecular weight is 434 g/mol. The van der Waals surface area contributed by atoms with Gasteiger partial charge >= 0.3 is 0 Å². The molecule has 0 bridgehead atoms. The Labute approximate surface area is 191 Å². The van der Waals surface area contributed by atoms with Crippen LogP contribution in [0.2, 0.25) is 0 Å². The lowest BCUT2D eigenvalue weighted by molar-refractivity contribution is -0.117. The van der Waals surface area contributed by atoms with Crippen LogP contribution in [0.4, 0.5) is 0 Å². The standard InChI is InChI=1S/C18H18N4.C5H10.C3H7NO/c1-19-12-18(22(2)3)14-6-4-13(5-7-14)15-8-9-16-17(21-15)10-11-20-16;1-2-4-5-3-1;1-2-3(4)5/h4-12,20H,1H2,2-3H3;1-5H2;2H2,1H3,(H2,4,5)/b18-12-;;.